The second-order valence-electron chi connectivity index (χ2n) is 23.4. The SMILES string of the molecule is CC(=O)NC[C@@H]1NC(=O)[C@H](Cc2c[nH]c3c(C)cccc23)NC(=O)[C@H]([C@@H](C)O)NC(=O)[C@@H]2CCCCNCCOc3ccc(cc3)C[C@@H](C)NC(=O)[C@@H](NC1=O)C(C)(C)SSC(C)(C)[C@H](NC(=O)CCCCC[N+](C)(C)C)C(=O)N2. The van der Waals surface area contributed by atoms with Crippen LogP contribution in [0.4, 0.5) is 0 Å². The number of aromatic nitrogens is 1. The molecule has 2 aromatic carbocycles. The van der Waals surface area contributed by atoms with Crippen LogP contribution in [0.1, 0.15) is 110 Å². The molecule has 4 heterocycles. The van der Waals surface area contributed by atoms with Gasteiger partial charge in [-0.15, -0.1) is 0 Å². The number of quaternary nitrogens is 1. The van der Waals surface area contributed by atoms with E-state index in [0.717, 1.165) is 45.9 Å². The largest absolute Gasteiger partial charge is 0.492 e. The number of aromatic amines is 1. The fraction of sp³-hybridized carbons (Fsp3) is 0.614. The summed E-state index contributed by atoms with van der Waals surface area (Å²) in [5, 5.41) is 38.0. The molecule has 0 unspecified atom stereocenters. The van der Waals surface area contributed by atoms with Gasteiger partial charge in [0.2, 0.25) is 47.3 Å². The topological polar surface area (TPSA) is 290 Å². The number of aliphatic hydroxyl groups is 1. The van der Waals surface area contributed by atoms with Crippen molar-refractivity contribution in [3.8, 4) is 5.75 Å². The minimum absolute atomic E-state index is 0.0914. The van der Waals surface area contributed by atoms with E-state index >= 15 is 4.79 Å². The number of carbonyl (C=O) groups excluding carboxylic acids is 8. The first-order valence-electron chi connectivity index (χ1n) is 27.8. The van der Waals surface area contributed by atoms with Crippen molar-refractivity contribution < 1.29 is 52.7 Å². The van der Waals surface area contributed by atoms with Crippen LogP contribution in [0.15, 0.2) is 48.7 Å². The first-order chi connectivity index (χ1) is 37.6. The third-order valence-electron chi connectivity index (χ3n) is 14.2. The minimum atomic E-state index is -1.67. The minimum Gasteiger partial charge on any atom is -0.492 e. The molecule has 0 spiro atoms. The number of nitrogens with one attached hydrogen (secondary N) is 10. The summed E-state index contributed by atoms with van der Waals surface area (Å²) in [6.07, 6.45) is 3.90. The zero-order valence-corrected chi connectivity index (χ0v) is 50.2. The zero-order valence-electron chi connectivity index (χ0n) is 48.5. The molecule has 8 atom stereocenters. The van der Waals surface area contributed by atoms with E-state index in [0.29, 0.717) is 56.7 Å². The van der Waals surface area contributed by atoms with Crippen LogP contribution >= 0.6 is 21.6 Å². The Morgan fingerprint density at radius 3 is 2.16 bits per heavy atom. The molecule has 3 aliphatic heterocycles. The van der Waals surface area contributed by atoms with Gasteiger partial charge in [0.15, 0.2) is 0 Å². The number of H-pyrrole nitrogens is 1. The highest BCUT2D eigenvalue weighted by Gasteiger charge is 2.45. The van der Waals surface area contributed by atoms with Crippen molar-refractivity contribution in [1.82, 2.24) is 52.8 Å². The predicted molar refractivity (Wildman–Crippen MR) is 313 cm³/mol. The molecular formula is C57H88N11O10S2+. The van der Waals surface area contributed by atoms with Crippen molar-refractivity contribution in [2.45, 2.75) is 171 Å². The highest BCUT2D eigenvalue weighted by molar-refractivity contribution is 8.77. The standard InChI is InChI=1S/C57H87N11O10S2/c1-34-18-17-19-41-39(32-60-46(34)41)31-43-51(73)64-44(33-59-37(4)70)52(74)67-49-54(76)61-35(2)30-38-22-24-40(25-23-38)78-29-27-58-26-15-14-20-42(50(72)66-47(36(3)69)53(75)63-43)62-55(77)48(56(5,6)79-80-57(49,7)8)65-45(71)21-13-12-16-28-68(9,10)11/h17-19,22-25,32,35-36,42-44,47-49,58,60,69H,12-16,20-21,26-31,33H2,1-11H3,(H7-,59,61,62,63,64,65,66,67,70,71,72,73,74,75,76,77)/p+1/t35-,36-,42+,43+,44+,47+,48-,49-/m1/s1. The van der Waals surface area contributed by atoms with Crippen LogP contribution in [-0.4, -0.2) is 174 Å². The lowest BCUT2D eigenvalue weighted by Crippen LogP contribution is -2.65. The van der Waals surface area contributed by atoms with Crippen molar-refractivity contribution in [2.75, 3.05) is 53.9 Å². The van der Waals surface area contributed by atoms with E-state index in [1.165, 1.54) is 35.4 Å². The van der Waals surface area contributed by atoms with E-state index in [-0.39, 0.29) is 25.2 Å². The van der Waals surface area contributed by atoms with Crippen molar-refractivity contribution in [1.29, 1.82) is 0 Å². The number of aryl methyl sites for hydroxylation is 1. The number of ether oxygens (including phenoxy) is 1. The summed E-state index contributed by atoms with van der Waals surface area (Å²) in [5.41, 5.74) is 3.24. The van der Waals surface area contributed by atoms with Gasteiger partial charge >= 0.3 is 0 Å². The molecule has 21 nitrogen and oxygen atoms in total. The van der Waals surface area contributed by atoms with Gasteiger partial charge in [0.1, 0.15) is 48.6 Å². The maximum absolute atomic E-state index is 15.0. The number of unbranched alkanes of at least 4 members (excludes halogenated alkanes) is 2. The van der Waals surface area contributed by atoms with Crippen LogP contribution in [0.2, 0.25) is 0 Å². The normalized spacial score (nSPS) is 24.8. The number of rotatable bonds is 12. The molecular weight excluding hydrogens is 1060 g/mol. The fourth-order valence-corrected chi connectivity index (χ4v) is 12.3. The molecule has 0 aliphatic carbocycles. The van der Waals surface area contributed by atoms with Gasteiger partial charge in [-0.05, 0) is 129 Å². The quantitative estimate of drug-likeness (QED) is 0.0708. The van der Waals surface area contributed by atoms with Crippen LogP contribution in [0.5, 0.6) is 5.75 Å². The van der Waals surface area contributed by atoms with Crippen molar-refractivity contribution >= 4 is 79.7 Å². The lowest BCUT2D eigenvalue weighted by molar-refractivity contribution is -0.870. The van der Waals surface area contributed by atoms with Gasteiger partial charge in [-0.2, -0.15) is 0 Å². The molecule has 4 bridgehead atoms. The van der Waals surface area contributed by atoms with Crippen LogP contribution in [0.25, 0.3) is 10.9 Å². The summed E-state index contributed by atoms with van der Waals surface area (Å²) >= 11 is 0. The maximum atomic E-state index is 15.0. The Kier molecular flexibility index (Phi) is 24.1. The number of carbonyl (C=O) groups is 8. The Bertz CT molecular complexity index is 2620. The molecule has 1 saturated heterocycles. The van der Waals surface area contributed by atoms with Gasteiger partial charge in [0.25, 0.3) is 0 Å². The first kappa shape index (κ1) is 64.9. The molecule has 0 radical (unpaired) electrons. The lowest BCUT2D eigenvalue weighted by atomic mass is 9.99. The number of amides is 8. The third kappa shape index (κ3) is 20.0. The monoisotopic (exact) mass is 1150 g/mol. The van der Waals surface area contributed by atoms with E-state index in [1.54, 1.807) is 33.9 Å². The third-order valence-corrected chi connectivity index (χ3v) is 18.4. The number of fused-ring (bicyclic) bond motifs is 13. The molecule has 23 heteroatoms. The Morgan fingerprint density at radius 1 is 0.787 bits per heavy atom. The van der Waals surface area contributed by atoms with Gasteiger partial charge in [0.05, 0.1) is 33.8 Å². The molecule has 1 aromatic heterocycles. The smallest absolute Gasteiger partial charge is 0.245 e. The molecule has 442 valence electrons. The molecule has 8 amide bonds. The number of aliphatic hydroxyl groups excluding tert-OH is 1. The Hall–Kier alpha value is -5.88. The van der Waals surface area contributed by atoms with Crippen molar-refractivity contribution in [3.05, 3.63) is 65.4 Å². The summed E-state index contributed by atoms with van der Waals surface area (Å²) in [5.74, 6) is -4.96. The lowest BCUT2D eigenvalue weighted by Gasteiger charge is -2.39. The van der Waals surface area contributed by atoms with Crippen LogP contribution in [0, 0.1) is 6.92 Å². The van der Waals surface area contributed by atoms with E-state index in [4.69, 9.17) is 4.74 Å². The van der Waals surface area contributed by atoms with E-state index in [2.05, 4.69) is 74.0 Å². The van der Waals surface area contributed by atoms with Crippen LogP contribution < -0.4 is 52.6 Å². The van der Waals surface area contributed by atoms with Gasteiger partial charge in [-0.3, -0.25) is 38.4 Å². The molecule has 3 aromatic rings. The Balaban J connectivity index is 1.65. The Morgan fingerprint density at radius 2 is 1.48 bits per heavy atom. The number of hydrogen-bond donors (Lipinski definition) is 11. The van der Waals surface area contributed by atoms with E-state index in [1.807, 2.05) is 56.3 Å². The maximum Gasteiger partial charge on any atom is 0.245 e. The highest BCUT2D eigenvalue weighted by Crippen LogP contribution is 2.47. The van der Waals surface area contributed by atoms with Crippen molar-refractivity contribution in [3.63, 3.8) is 0 Å². The highest BCUT2D eigenvalue weighted by atomic mass is 33.1. The van der Waals surface area contributed by atoms with Crippen molar-refractivity contribution in [2.24, 2.45) is 0 Å². The molecule has 80 heavy (non-hydrogen) atoms. The van der Waals surface area contributed by atoms with Gasteiger partial charge in [-0.25, -0.2) is 0 Å². The van der Waals surface area contributed by atoms with Crippen LogP contribution in [-0.2, 0) is 51.2 Å². The van der Waals surface area contributed by atoms with Crippen LogP contribution in [0.3, 0.4) is 0 Å². The molecule has 11 N–H and O–H groups in total. The summed E-state index contributed by atoms with van der Waals surface area (Å²) in [6.45, 7) is 15.2. The predicted octanol–water partition coefficient (Wildman–Crippen LogP) is 2.56. The second kappa shape index (κ2) is 29.7. The molecule has 3 aliphatic rings. The number of benzene rings is 2. The molecule has 1 fully saturated rings. The average Bonchev–Trinajstić information content (AvgIpc) is 3.83. The number of hydrogen-bond acceptors (Lipinski definition) is 13. The summed E-state index contributed by atoms with van der Waals surface area (Å²) < 4.78 is 4.36. The van der Waals surface area contributed by atoms with Gasteiger partial charge in [0, 0.05) is 65.5 Å². The van der Waals surface area contributed by atoms with E-state index < -0.39 is 106 Å². The summed E-state index contributed by atoms with van der Waals surface area (Å²) in [7, 11) is 8.69. The summed E-state index contributed by atoms with van der Waals surface area (Å²) in [6, 6.07) is 4.16. The fourth-order valence-electron chi connectivity index (χ4n) is 9.50. The number of para-hydroxylation sites is 1. The van der Waals surface area contributed by atoms with Gasteiger partial charge < -0.3 is 67.2 Å². The number of nitrogens with zero attached hydrogens (tertiary/aromatic N) is 1. The molecule has 6 rings (SSSR count). The molecule has 0 saturated carbocycles. The first-order valence-corrected chi connectivity index (χ1v) is 30.0. The average molecular weight is 1150 g/mol. The van der Waals surface area contributed by atoms with Gasteiger partial charge in [-0.1, -0.05) is 51.9 Å². The van der Waals surface area contributed by atoms with E-state index in [9.17, 15) is 38.7 Å². The zero-order chi connectivity index (χ0) is 59.0. The second-order valence-corrected chi connectivity index (χ2v) is 26.8. The summed E-state index contributed by atoms with van der Waals surface area (Å²) in [4.78, 5) is 119. The Labute approximate surface area is 479 Å².